The fraction of sp³-hybridized carbons (Fsp3) is 0.963. The summed E-state index contributed by atoms with van der Waals surface area (Å²) < 4.78 is 57.1. The summed E-state index contributed by atoms with van der Waals surface area (Å²) in [5, 5.41) is 81.2. The van der Waals surface area contributed by atoms with Crippen LogP contribution in [-0.4, -0.2) is 171 Å². The Balaban J connectivity index is 1.97. The topological polar surface area (TPSA) is 307 Å². The predicted molar refractivity (Wildman–Crippen MR) is 280 cm³/mol. The first-order valence-corrected chi connectivity index (χ1v) is 30.5. The third kappa shape index (κ3) is 31.8. The van der Waals surface area contributed by atoms with Crippen LogP contribution in [0.5, 0.6) is 0 Å². The Hall–Kier alpha value is -1.43. The fourth-order valence-electron chi connectivity index (χ4n) is 9.22. The van der Waals surface area contributed by atoms with Gasteiger partial charge in [0.1, 0.15) is 61.5 Å². The van der Waals surface area contributed by atoms with Gasteiger partial charge in [0.25, 0.3) is 0 Å². The highest BCUT2D eigenvalue weighted by Gasteiger charge is 2.46. The van der Waals surface area contributed by atoms with Gasteiger partial charge in [0, 0.05) is 12.8 Å². The number of hydrogen-bond donors (Lipinski definition) is 9. The van der Waals surface area contributed by atoms with Gasteiger partial charge < -0.3 is 74.2 Å². The van der Waals surface area contributed by atoms with Crippen molar-refractivity contribution in [3.63, 3.8) is 0 Å². The molecule has 13 atom stereocenters. The van der Waals surface area contributed by atoms with Gasteiger partial charge in [0.2, 0.25) is 0 Å². The first-order chi connectivity index (χ1) is 36.2. The predicted octanol–water partition coefficient (Wildman–Crippen LogP) is 7.10. The highest BCUT2D eigenvalue weighted by Crippen LogP contribution is 2.45. The summed E-state index contributed by atoms with van der Waals surface area (Å²) in [6.45, 7) is 0.121. The standard InChI is InChI=1S/C54H103O20P/c1-3-5-7-9-11-13-15-17-19-21-23-25-27-29-31-33-45(57)67-37-41(71-46(58)34-32-30-28-26-24-22-20-18-16-14-12-10-8-6-4-2)40-70-75(65,66)74-42(38-68-53-51(63)49(61)47(59)43(35-55)72-53)39-69-54-52(64)50(62)48(60)44(36-56)73-54/h41-44,47-56,59-64H,3-40H2,1-2H3,(H,65,66)/t41-,42?,43-,44-,47-,48+,49+,50+,51+,52-,53+,54+/m1/s1. The van der Waals surface area contributed by atoms with Crippen molar-refractivity contribution in [1.29, 1.82) is 0 Å². The lowest BCUT2D eigenvalue weighted by Gasteiger charge is -2.40. The van der Waals surface area contributed by atoms with Gasteiger partial charge in [-0.2, -0.15) is 0 Å². The summed E-state index contributed by atoms with van der Waals surface area (Å²) in [5.74, 6) is -1.16. The van der Waals surface area contributed by atoms with E-state index in [1.807, 2.05) is 0 Å². The molecule has 0 spiro atoms. The Morgan fingerprint density at radius 1 is 0.440 bits per heavy atom. The minimum absolute atomic E-state index is 0.0573. The number of carbonyl (C=O) groups is 2. The molecule has 0 aromatic rings. The van der Waals surface area contributed by atoms with Crippen molar-refractivity contribution < 1.29 is 97.4 Å². The Labute approximate surface area is 448 Å². The molecular weight excluding hydrogens is 1000 g/mol. The molecule has 20 nitrogen and oxygen atoms in total. The molecule has 2 aliphatic rings. The van der Waals surface area contributed by atoms with Gasteiger partial charge in [-0.1, -0.05) is 194 Å². The van der Waals surface area contributed by atoms with Crippen LogP contribution in [0.1, 0.15) is 219 Å². The zero-order valence-corrected chi connectivity index (χ0v) is 46.7. The molecule has 0 aliphatic carbocycles. The summed E-state index contributed by atoms with van der Waals surface area (Å²) in [4.78, 5) is 36.9. The Kier molecular flexibility index (Phi) is 40.3. The quantitative estimate of drug-likeness (QED) is 0.0167. The van der Waals surface area contributed by atoms with Gasteiger partial charge in [-0.3, -0.25) is 18.6 Å². The van der Waals surface area contributed by atoms with Crippen LogP contribution in [0.15, 0.2) is 0 Å². The summed E-state index contributed by atoms with van der Waals surface area (Å²) in [5.41, 5.74) is 0. The van der Waals surface area contributed by atoms with Crippen molar-refractivity contribution in [3.05, 3.63) is 0 Å². The molecule has 21 heteroatoms. The van der Waals surface area contributed by atoms with Crippen LogP contribution >= 0.6 is 7.82 Å². The van der Waals surface area contributed by atoms with Crippen LogP contribution in [0.3, 0.4) is 0 Å². The lowest BCUT2D eigenvalue weighted by atomic mass is 9.99. The van der Waals surface area contributed by atoms with Crippen LogP contribution in [0.25, 0.3) is 0 Å². The molecule has 75 heavy (non-hydrogen) atoms. The number of phosphoric ester groups is 1. The zero-order valence-electron chi connectivity index (χ0n) is 45.8. The number of phosphoric acid groups is 1. The molecule has 2 saturated heterocycles. The molecule has 0 saturated carbocycles. The molecule has 2 fully saturated rings. The van der Waals surface area contributed by atoms with Crippen molar-refractivity contribution in [2.75, 3.05) is 39.6 Å². The molecule has 9 N–H and O–H groups in total. The largest absolute Gasteiger partial charge is 0.472 e. The maximum Gasteiger partial charge on any atom is 0.472 e. The number of aliphatic hydroxyl groups is 8. The summed E-state index contributed by atoms with van der Waals surface area (Å²) in [6, 6.07) is 0. The van der Waals surface area contributed by atoms with Gasteiger partial charge in [-0.25, -0.2) is 4.57 Å². The number of aliphatic hydroxyl groups excluding tert-OH is 8. The molecule has 0 radical (unpaired) electrons. The van der Waals surface area contributed by atoms with Crippen LogP contribution in [0.4, 0.5) is 0 Å². The van der Waals surface area contributed by atoms with E-state index in [4.69, 9.17) is 37.5 Å². The van der Waals surface area contributed by atoms with E-state index < -0.39 is 133 Å². The Morgan fingerprint density at radius 2 is 0.773 bits per heavy atom. The van der Waals surface area contributed by atoms with E-state index in [-0.39, 0.29) is 12.8 Å². The summed E-state index contributed by atoms with van der Waals surface area (Å²) in [6.07, 6.45) is 15.2. The van der Waals surface area contributed by atoms with Gasteiger partial charge in [0.05, 0.1) is 33.0 Å². The Bertz CT molecular complexity index is 1410. The molecule has 2 heterocycles. The van der Waals surface area contributed by atoms with E-state index in [1.54, 1.807) is 0 Å². The van der Waals surface area contributed by atoms with E-state index in [1.165, 1.54) is 128 Å². The van der Waals surface area contributed by atoms with Crippen molar-refractivity contribution in [2.45, 2.75) is 293 Å². The third-order valence-electron chi connectivity index (χ3n) is 14.0. The summed E-state index contributed by atoms with van der Waals surface area (Å²) in [7, 11) is -5.20. The molecule has 444 valence electrons. The van der Waals surface area contributed by atoms with Crippen LogP contribution in [0.2, 0.25) is 0 Å². The monoisotopic (exact) mass is 1100 g/mol. The molecule has 2 rings (SSSR count). The minimum Gasteiger partial charge on any atom is -0.462 e. The third-order valence-corrected chi connectivity index (χ3v) is 15.0. The molecule has 0 amide bonds. The lowest BCUT2D eigenvalue weighted by Crippen LogP contribution is -2.60. The number of ether oxygens (including phenoxy) is 6. The normalized spacial score (nSPS) is 25.7. The van der Waals surface area contributed by atoms with Gasteiger partial charge in [-0.05, 0) is 12.8 Å². The van der Waals surface area contributed by atoms with Gasteiger partial charge >= 0.3 is 19.8 Å². The van der Waals surface area contributed by atoms with Gasteiger partial charge in [0.15, 0.2) is 18.7 Å². The smallest absolute Gasteiger partial charge is 0.462 e. The first kappa shape index (κ1) is 69.7. The van der Waals surface area contributed by atoms with E-state index in [9.17, 15) is 59.9 Å². The average Bonchev–Trinajstić information content (AvgIpc) is 3.39. The van der Waals surface area contributed by atoms with Crippen LogP contribution in [-0.2, 0) is 51.6 Å². The van der Waals surface area contributed by atoms with Crippen LogP contribution < -0.4 is 0 Å². The average molecular weight is 1100 g/mol. The molecule has 0 aromatic heterocycles. The van der Waals surface area contributed by atoms with E-state index in [0.717, 1.165) is 51.4 Å². The number of rotatable bonds is 48. The van der Waals surface area contributed by atoms with Gasteiger partial charge in [-0.15, -0.1) is 0 Å². The number of unbranched alkanes of at least 4 members (excludes halogenated alkanes) is 28. The maximum atomic E-state index is 13.5. The molecule has 0 aromatic carbocycles. The highest BCUT2D eigenvalue weighted by atomic mass is 31.2. The van der Waals surface area contributed by atoms with Crippen molar-refractivity contribution in [3.8, 4) is 0 Å². The second-order valence-corrected chi connectivity index (χ2v) is 22.2. The second kappa shape index (κ2) is 43.4. The van der Waals surface area contributed by atoms with E-state index in [0.29, 0.717) is 12.8 Å². The van der Waals surface area contributed by atoms with Crippen molar-refractivity contribution in [2.24, 2.45) is 0 Å². The molecule has 2 unspecified atom stereocenters. The maximum absolute atomic E-state index is 13.5. The zero-order chi connectivity index (χ0) is 55.1. The van der Waals surface area contributed by atoms with Crippen molar-refractivity contribution in [1.82, 2.24) is 0 Å². The van der Waals surface area contributed by atoms with Crippen molar-refractivity contribution >= 4 is 19.8 Å². The second-order valence-electron chi connectivity index (χ2n) is 20.7. The minimum atomic E-state index is -5.20. The first-order valence-electron chi connectivity index (χ1n) is 29.0. The number of carbonyl (C=O) groups excluding carboxylic acids is 2. The Morgan fingerprint density at radius 3 is 1.12 bits per heavy atom. The van der Waals surface area contributed by atoms with Crippen LogP contribution in [0, 0.1) is 0 Å². The fourth-order valence-corrected chi connectivity index (χ4v) is 10.1. The summed E-state index contributed by atoms with van der Waals surface area (Å²) >= 11 is 0. The lowest BCUT2D eigenvalue weighted by molar-refractivity contribution is -0.314. The molecule has 2 aliphatic heterocycles. The van der Waals surface area contributed by atoms with E-state index >= 15 is 0 Å². The highest BCUT2D eigenvalue weighted by molar-refractivity contribution is 7.47. The van der Waals surface area contributed by atoms with E-state index in [2.05, 4.69) is 13.8 Å². The number of hydrogen-bond acceptors (Lipinski definition) is 19. The molecule has 0 bridgehead atoms. The molecular formula is C54H103O20P. The SMILES string of the molecule is CCCCCCCCCCCCCCCCCC(=O)OC[C@H](COP(=O)(O)OC(CO[C@H]1O[C@H](CO)[C@@H](O)[C@H](O)[C@@H]1O)CO[C@H]1O[C@H](CO)[C@H](O)[C@H](O)[C@H]1O)OC(=O)CCCCCCCCCCCCCCCCC. The number of esters is 2.